The van der Waals surface area contributed by atoms with E-state index in [-0.39, 0.29) is 11.8 Å². The standard InChI is InChI=1S/C16H16FNO/c1-12(13-6-3-2-4-7-13)11-18-16(19)14-8-5-9-15(17)10-14/h2-10,12H,11H2,1H3,(H,18,19)/t12-/m1/s1. The summed E-state index contributed by atoms with van der Waals surface area (Å²) in [6.07, 6.45) is 0. The first-order valence-corrected chi connectivity index (χ1v) is 6.25. The number of hydrogen-bond donors (Lipinski definition) is 1. The van der Waals surface area contributed by atoms with Crippen molar-refractivity contribution in [2.45, 2.75) is 12.8 Å². The number of hydrogen-bond acceptors (Lipinski definition) is 1. The van der Waals surface area contributed by atoms with Crippen LogP contribution in [0.3, 0.4) is 0 Å². The Morgan fingerprint density at radius 1 is 1.16 bits per heavy atom. The maximum absolute atomic E-state index is 13.0. The molecule has 0 saturated heterocycles. The van der Waals surface area contributed by atoms with Crippen molar-refractivity contribution < 1.29 is 9.18 Å². The van der Waals surface area contributed by atoms with Crippen molar-refractivity contribution in [1.82, 2.24) is 5.32 Å². The van der Waals surface area contributed by atoms with Crippen molar-refractivity contribution in [2.24, 2.45) is 0 Å². The van der Waals surface area contributed by atoms with Crippen molar-refractivity contribution in [1.29, 1.82) is 0 Å². The van der Waals surface area contributed by atoms with Gasteiger partial charge in [-0.2, -0.15) is 0 Å². The van der Waals surface area contributed by atoms with Gasteiger partial charge in [0.15, 0.2) is 0 Å². The Hall–Kier alpha value is -2.16. The van der Waals surface area contributed by atoms with Crippen molar-refractivity contribution in [2.75, 3.05) is 6.54 Å². The van der Waals surface area contributed by atoms with Gasteiger partial charge in [0.1, 0.15) is 5.82 Å². The monoisotopic (exact) mass is 257 g/mol. The van der Waals surface area contributed by atoms with Gasteiger partial charge >= 0.3 is 0 Å². The highest BCUT2D eigenvalue weighted by atomic mass is 19.1. The average Bonchev–Trinajstić information content (AvgIpc) is 2.45. The normalized spacial score (nSPS) is 11.9. The minimum absolute atomic E-state index is 0.221. The van der Waals surface area contributed by atoms with Crippen LogP contribution < -0.4 is 5.32 Å². The Labute approximate surface area is 112 Å². The lowest BCUT2D eigenvalue weighted by Crippen LogP contribution is -2.27. The molecule has 0 aromatic heterocycles. The first-order chi connectivity index (χ1) is 9.16. The van der Waals surface area contributed by atoms with Crippen LogP contribution in [-0.4, -0.2) is 12.5 Å². The molecule has 0 aliphatic carbocycles. The van der Waals surface area contributed by atoms with Crippen LogP contribution >= 0.6 is 0 Å². The number of halogens is 1. The second kappa shape index (κ2) is 6.14. The lowest BCUT2D eigenvalue weighted by Gasteiger charge is -2.13. The van der Waals surface area contributed by atoms with Crippen molar-refractivity contribution in [3.63, 3.8) is 0 Å². The highest BCUT2D eigenvalue weighted by Crippen LogP contribution is 2.13. The summed E-state index contributed by atoms with van der Waals surface area (Å²) in [6, 6.07) is 15.7. The highest BCUT2D eigenvalue weighted by Gasteiger charge is 2.09. The first kappa shape index (κ1) is 13.3. The number of benzene rings is 2. The minimum atomic E-state index is -0.399. The zero-order valence-corrected chi connectivity index (χ0v) is 10.8. The van der Waals surface area contributed by atoms with Crippen molar-refractivity contribution >= 4 is 5.91 Å². The van der Waals surface area contributed by atoms with E-state index >= 15 is 0 Å². The van der Waals surface area contributed by atoms with E-state index in [9.17, 15) is 9.18 Å². The number of carbonyl (C=O) groups is 1. The molecule has 2 rings (SSSR count). The molecular formula is C16H16FNO. The fourth-order valence-corrected chi connectivity index (χ4v) is 1.88. The van der Waals surface area contributed by atoms with Gasteiger partial charge in [-0.25, -0.2) is 4.39 Å². The fourth-order valence-electron chi connectivity index (χ4n) is 1.88. The van der Waals surface area contributed by atoms with Gasteiger partial charge in [0.25, 0.3) is 5.91 Å². The Kier molecular flexibility index (Phi) is 4.29. The summed E-state index contributed by atoms with van der Waals surface area (Å²) in [5, 5.41) is 2.82. The number of carbonyl (C=O) groups excluding carboxylic acids is 1. The van der Waals surface area contributed by atoms with Gasteiger partial charge in [-0.15, -0.1) is 0 Å². The fraction of sp³-hybridized carbons (Fsp3) is 0.188. The van der Waals surface area contributed by atoms with Crippen LogP contribution in [0, 0.1) is 5.82 Å². The zero-order valence-electron chi connectivity index (χ0n) is 10.8. The summed E-state index contributed by atoms with van der Waals surface area (Å²) in [5.41, 5.74) is 1.52. The van der Waals surface area contributed by atoms with E-state index < -0.39 is 5.82 Å². The molecule has 0 aliphatic heterocycles. The molecule has 19 heavy (non-hydrogen) atoms. The first-order valence-electron chi connectivity index (χ1n) is 6.25. The molecule has 0 radical (unpaired) electrons. The summed E-state index contributed by atoms with van der Waals surface area (Å²) >= 11 is 0. The molecule has 3 heteroatoms. The molecule has 0 aliphatic rings. The molecule has 2 aromatic rings. The molecule has 0 fully saturated rings. The molecule has 1 atom stereocenters. The second-order valence-corrected chi connectivity index (χ2v) is 4.53. The minimum Gasteiger partial charge on any atom is -0.351 e. The lowest BCUT2D eigenvalue weighted by atomic mass is 10.0. The Morgan fingerprint density at radius 3 is 2.58 bits per heavy atom. The van der Waals surface area contributed by atoms with E-state index in [1.807, 2.05) is 37.3 Å². The molecule has 0 unspecified atom stereocenters. The van der Waals surface area contributed by atoms with E-state index in [1.54, 1.807) is 6.07 Å². The molecule has 2 nitrogen and oxygen atoms in total. The van der Waals surface area contributed by atoms with E-state index in [2.05, 4.69) is 5.32 Å². The maximum atomic E-state index is 13.0. The van der Waals surface area contributed by atoms with E-state index in [4.69, 9.17) is 0 Å². The largest absolute Gasteiger partial charge is 0.351 e. The van der Waals surface area contributed by atoms with Gasteiger partial charge in [0, 0.05) is 12.1 Å². The van der Waals surface area contributed by atoms with Gasteiger partial charge in [0.05, 0.1) is 0 Å². The van der Waals surface area contributed by atoms with Crippen LogP contribution in [0.1, 0.15) is 28.8 Å². The van der Waals surface area contributed by atoms with E-state index in [0.29, 0.717) is 12.1 Å². The van der Waals surface area contributed by atoms with E-state index in [0.717, 1.165) is 0 Å². The van der Waals surface area contributed by atoms with Crippen LogP contribution in [-0.2, 0) is 0 Å². The maximum Gasteiger partial charge on any atom is 0.251 e. The molecule has 0 bridgehead atoms. The van der Waals surface area contributed by atoms with Gasteiger partial charge in [0.2, 0.25) is 0 Å². The van der Waals surface area contributed by atoms with Crippen LogP contribution in [0.25, 0.3) is 0 Å². The number of rotatable bonds is 4. The van der Waals surface area contributed by atoms with Gasteiger partial charge in [-0.05, 0) is 29.7 Å². The quantitative estimate of drug-likeness (QED) is 0.894. The summed E-state index contributed by atoms with van der Waals surface area (Å²) in [5.74, 6) is -0.426. The predicted octanol–water partition coefficient (Wildman–Crippen LogP) is 3.36. The smallest absolute Gasteiger partial charge is 0.251 e. The topological polar surface area (TPSA) is 29.1 Å². The molecule has 1 N–H and O–H groups in total. The summed E-state index contributed by atoms with van der Waals surface area (Å²) in [4.78, 5) is 11.9. The third-order valence-electron chi connectivity index (χ3n) is 3.02. The van der Waals surface area contributed by atoms with Crippen LogP contribution in [0.5, 0.6) is 0 Å². The summed E-state index contributed by atoms with van der Waals surface area (Å²) in [7, 11) is 0. The summed E-state index contributed by atoms with van der Waals surface area (Å²) in [6.45, 7) is 2.57. The molecule has 1 amide bonds. The van der Waals surface area contributed by atoms with Crippen molar-refractivity contribution in [3.8, 4) is 0 Å². The lowest BCUT2D eigenvalue weighted by molar-refractivity contribution is 0.0951. The third kappa shape index (κ3) is 3.65. The molecule has 0 saturated carbocycles. The summed E-state index contributed by atoms with van der Waals surface area (Å²) < 4.78 is 13.0. The second-order valence-electron chi connectivity index (χ2n) is 4.53. The third-order valence-corrected chi connectivity index (χ3v) is 3.02. The average molecular weight is 257 g/mol. The molecule has 98 valence electrons. The van der Waals surface area contributed by atoms with Crippen molar-refractivity contribution in [3.05, 3.63) is 71.5 Å². The zero-order chi connectivity index (χ0) is 13.7. The molecule has 0 spiro atoms. The Morgan fingerprint density at radius 2 is 1.89 bits per heavy atom. The molecular weight excluding hydrogens is 241 g/mol. The van der Waals surface area contributed by atoms with Gasteiger partial charge in [-0.1, -0.05) is 43.3 Å². The predicted molar refractivity (Wildman–Crippen MR) is 73.6 cm³/mol. The van der Waals surface area contributed by atoms with E-state index in [1.165, 1.54) is 23.8 Å². The van der Waals surface area contributed by atoms with Gasteiger partial charge < -0.3 is 5.32 Å². The van der Waals surface area contributed by atoms with Crippen LogP contribution in [0.4, 0.5) is 4.39 Å². The Bertz CT molecular complexity index is 554. The molecule has 2 aromatic carbocycles. The number of amides is 1. The van der Waals surface area contributed by atoms with Crippen LogP contribution in [0.2, 0.25) is 0 Å². The highest BCUT2D eigenvalue weighted by molar-refractivity contribution is 5.94. The number of nitrogens with one attached hydrogen (secondary N) is 1. The van der Waals surface area contributed by atoms with Crippen LogP contribution in [0.15, 0.2) is 54.6 Å². The molecule has 0 heterocycles. The SMILES string of the molecule is C[C@H](CNC(=O)c1cccc(F)c1)c1ccccc1. The van der Waals surface area contributed by atoms with Gasteiger partial charge in [-0.3, -0.25) is 4.79 Å². The Balaban J connectivity index is 1.94.